The van der Waals surface area contributed by atoms with E-state index in [4.69, 9.17) is 4.74 Å². The van der Waals surface area contributed by atoms with Gasteiger partial charge in [-0.1, -0.05) is 23.9 Å². The van der Waals surface area contributed by atoms with Gasteiger partial charge in [0.15, 0.2) is 0 Å². The number of carbonyl (C=O) groups excluding carboxylic acids is 2. The highest BCUT2D eigenvalue weighted by Gasteiger charge is 2.28. The molecule has 0 aliphatic carbocycles. The third kappa shape index (κ3) is 4.20. The van der Waals surface area contributed by atoms with E-state index in [-0.39, 0.29) is 35.9 Å². The Morgan fingerprint density at radius 2 is 2.21 bits per heavy atom. The van der Waals surface area contributed by atoms with Crippen LogP contribution >= 0.6 is 11.8 Å². The molecule has 8 nitrogen and oxygen atoms in total. The number of para-hydroxylation sites is 1. The Kier molecular flexibility index (Phi) is 5.63. The molecular formula is C19H22N4O4S. The molecule has 3 heterocycles. The lowest BCUT2D eigenvalue weighted by Gasteiger charge is -2.27. The van der Waals surface area contributed by atoms with Crippen molar-refractivity contribution in [2.75, 3.05) is 32.0 Å². The number of ether oxygens (including phenoxy) is 1. The minimum Gasteiger partial charge on any atom is -0.376 e. The number of aromatic amines is 1. The number of carbonyl (C=O) groups is 2. The predicted molar refractivity (Wildman–Crippen MR) is 106 cm³/mol. The molecule has 4 rings (SSSR count). The highest BCUT2D eigenvalue weighted by Crippen LogP contribution is 2.19. The number of amides is 2. The third-order valence-corrected chi connectivity index (χ3v) is 5.87. The average molecular weight is 402 g/mol. The molecule has 2 aliphatic rings. The zero-order valence-corrected chi connectivity index (χ0v) is 16.2. The quantitative estimate of drug-likeness (QED) is 0.789. The Morgan fingerprint density at radius 3 is 2.96 bits per heavy atom. The molecule has 1 aromatic heterocycles. The van der Waals surface area contributed by atoms with Crippen molar-refractivity contribution in [3.63, 3.8) is 0 Å². The van der Waals surface area contributed by atoms with Crippen molar-refractivity contribution >= 4 is 33.8 Å². The molecule has 148 valence electrons. The monoisotopic (exact) mass is 402 g/mol. The average Bonchev–Trinajstić information content (AvgIpc) is 3.33. The molecule has 1 aromatic carbocycles. The maximum Gasteiger partial charge on any atom is 0.282 e. The van der Waals surface area contributed by atoms with Crippen molar-refractivity contribution in [2.24, 2.45) is 0 Å². The summed E-state index contributed by atoms with van der Waals surface area (Å²) in [6.07, 6.45) is 1.84. The van der Waals surface area contributed by atoms with E-state index >= 15 is 0 Å². The maximum atomic E-state index is 12.9. The summed E-state index contributed by atoms with van der Waals surface area (Å²) in [6.45, 7) is 1.90. The van der Waals surface area contributed by atoms with Crippen molar-refractivity contribution in [3.8, 4) is 0 Å². The van der Waals surface area contributed by atoms with E-state index in [0.717, 1.165) is 12.8 Å². The first-order valence-electron chi connectivity index (χ1n) is 9.39. The standard InChI is InChI=1S/C19H22N4O4S/c24-17(12-22-7-9-28-19(22)26)23(10-13-4-3-8-27-13)11-16-20-15-6-2-1-5-14(15)18(25)21-16/h1-2,5-6,13H,3-4,7-12H2,(H,20,21,25). The van der Waals surface area contributed by atoms with Crippen molar-refractivity contribution in [2.45, 2.75) is 25.5 Å². The predicted octanol–water partition coefficient (Wildman–Crippen LogP) is 1.60. The fraction of sp³-hybridized carbons (Fsp3) is 0.474. The van der Waals surface area contributed by atoms with Gasteiger partial charge < -0.3 is 19.5 Å². The first-order chi connectivity index (χ1) is 13.6. The minimum absolute atomic E-state index is 0.0280. The Labute approximate surface area is 166 Å². The van der Waals surface area contributed by atoms with Gasteiger partial charge in [0.1, 0.15) is 12.4 Å². The number of hydrogen-bond donors (Lipinski definition) is 1. The molecule has 0 bridgehead atoms. The van der Waals surface area contributed by atoms with Gasteiger partial charge in [0.25, 0.3) is 10.8 Å². The van der Waals surface area contributed by atoms with E-state index in [1.165, 1.54) is 11.8 Å². The summed E-state index contributed by atoms with van der Waals surface area (Å²) in [5.74, 6) is 0.969. The summed E-state index contributed by atoms with van der Waals surface area (Å²) in [6, 6.07) is 7.11. The van der Waals surface area contributed by atoms with Gasteiger partial charge >= 0.3 is 0 Å². The summed E-state index contributed by atoms with van der Waals surface area (Å²) >= 11 is 1.23. The Balaban J connectivity index is 1.55. The van der Waals surface area contributed by atoms with Gasteiger partial charge in [-0.25, -0.2) is 4.98 Å². The molecule has 0 saturated carbocycles. The van der Waals surface area contributed by atoms with Crippen LogP contribution in [-0.2, 0) is 16.1 Å². The molecule has 2 aromatic rings. The maximum absolute atomic E-state index is 12.9. The van der Waals surface area contributed by atoms with Crippen molar-refractivity contribution in [1.82, 2.24) is 19.8 Å². The second-order valence-corrected chi connectivity index (χ2v) is 8.02. The van der Waals surface area contributed by atoms with Gasteiger partial charge in [-0.15, -0.1) is 0 Å². The van der Waals surface area contributed by atoms with Crippen LogP contribution in [0.1, 0.15) is 18.7 Å². The van der Waals surface area contributed by atoms with Crippen molar-refractivity contribution in [3.05, 3.63) is 40.4 Å². The molecule has 2 fully saturated rings. The van der Waals surface area contributed by atoms with Gasteiger partial charge in [0.05, 0.1) is 23.6 Å². The number of H-pyrrole nitrogens is 1. The van der Waals surface area contributed by atoms with Crippen LogP contribution in [0.4, 0.5) is 4.79 Å². The van der Waals surface area contributed by atoms with Gasteiger partial charge in [0.2, 0.25) is 5.91 Å². The number of rotatable bonds is 6. The van der Waals surface area contributed by atoms with Crippen molar-refractivity contribution in [1.29, 1.82) is 0 Å². The highest BCUT2D eigenvalue weighted by molar-refractivity contribution is 8.13. The van der Waals surface area contributed by atoms with Crippen LogP contribution in [0.5, 0.6) is 0 Å². The van der Waals surface area contributed by atoms with E-state index < -0.39 is 0 Å². The van der Waals surface area contributed by atoms with Gasteiger partial charge in [-0.2, -0.15) is 0 Å². The molecule has 1 atom stereocenters. The number of nitrogens with one attached hydrogen (secondary N) is 1. The third-order valence-electron chi connectivity index (χ3n) is 4.97. The molecule has 1 N–H and O–H groups in total. The number of thioether (sulfide) groups is 1. The topological polar surface area (TPSA) is 95.6 Å². The van der Waals surface area contributed by atoms with Crippen LogP contribution in [0.3, 0.4) is 0 Å². The second kappa shape index (κ2) is 8.32. The zero-order chi connectivity index (χ0) is 19.5. The van der Waals surface area contributed by atoms with E-state index in [1.54, 1.807) is 28.0 Å². The molecule has 2 amide bonds. The summed E-state index contributed by atoms with van der Waals surface area (Å²) in [5, 5.41) is 0.450. The second-order valence-electron chi connectivity index (χ2n) is 6.97. The van der Waals surface area contributed by atoms with Crippen LogP contribution in [0.15, 0.2) is 29.1 Å². The number of hydrogen-bond acceptors (Lipinski definition) is 6. The molecular weight excluding hydrogens is 380 g/mol. The normalized spacial score (nSPS) is 19.5. The first kappa shape index (κ1) is 18.9. The summed E-state index contributed by atoms with van der Waals surface area (Å²) in [5.41, 5.74) is 0.369. The van der Waals surface area contributed by atoms with Crippen LogP contribution in [0.2, 0.25) is 0 Å². The number of aromatic nitrogens is 2. The van der Waals surface area contributed by atoms with Crippen LogP contribution in [-0.4, -0.2) is 69.0 Å². The van der Waals surface area contributed by atoms with Gasteiger partial charge in [-0.3, -0.25) is 14.4 Å². The molecule has 1 unspecified atom stereocenters. The van der Waals surface area contributed by atoms with Crippen molar-refractivity contribution < 1.29 is 14.3 Å². The van der Waals surface area contributed by atoms with Gasteiger partial charge in [0, 0.05) is 25.4 Å². The van der Waals surface area contributed by atoms with E-state index in [0.29, 0.717) is 42.2 Å². The molecule has 9 heteroatoms. The molecule has 0 radical (unpaired) electrons. The fourth-order valence-corrected chi connectivity index (χ4v) is 4.34. The Morgan fingerprint density at radius 1 is 1.36 bits per heavy atom. The van der Waals surface area contributed by atoms with Crippen LogP contribution < -0.4 is 5.56 Å². The molecule has 2 aliphatic heterocycles. The van der Waals surface area contributed by atoms with E-state index in [1.807, 2.05) is 6.07 Å². The fourth-order valence-electron chi connectivity index (χ4n) is 3.51. The number of nitrogens with zero attached hydrogens (tertiary/aromatic N) is 3. The molecule has 0 spiro atoms. The summed E-state index contributed by atoms with van der Waals surface area (Å²) in [4.78, 5) is 47.6. The number of fused-ring (bicyclic) bond motifs is 1. The zero-order valence-electron chi connectivity index (χ0n) is 15.4. The van der Waals surface area contributed by atoms with E-state index in [2.05, 4.69) is 9.97 Å². The minimum atomic E-state index is -0.226. The summed E-state index contributed by atoms with van der Waals surface area (Å²) in [7, 11) is 0. The van der Waals surface area contributed by atoms with Crippen LogP contribution in [0, 0.1) is 0 Å². The summed E-state index contributed by atoms with van der Waals surface area (Å²) < 4.78 is 5.69. The largest absolute Gasteiger partial charge is 0.376 e. The van der Waals surface area contributed by atoms with Gasteiger partial charge in [-0.05, 0) is 25.0 Å². The number of benzene rings is 1. The Hall–Kier alpha value is -2.39. The smallest absolute Gasteiger partial charge is 0.282 e. The molecule has 2 saturated heterocycles. The lowest BCUT2D eigenvalue weighted by atomic mass is 10.2. The van der Waals surface area contributed by atoms with Crippen LogP contribution in [0.25, 0.3) is 10.9 Å². The lowest BCUT2D eigenvalue weighted by molar-refractivity contribution is -0.134. The van der Waals surface area contributed by atoms with E-state index in [9.17, 15) is 14.4 Å². The SMILES string of the molecule is O=C(CN1CCSC1=O)N(Cc1nc2ccccc2c(=O)[nH]1)CC1CCCO1. The molecule has 28 heavy (non-hydrogen) atoms. The first-order valence-corrected chi connectivity index (χ1v) is 10.4. The lowest BCUT2D eigenvalue weighted by Crippen LogP contribution is -2.43. The Bertz CT molecular complexity index is 941. The highest BCUT2D eigenvalue weighted by atomic mass is 32.2.